The van der Waals surface area contributed by atoms with Crippen molar-refractivity contribution in [3.8, 4) is 11.5 Å². The fourth-order valence-corrected chi connectivity index (χ4v) is 4.01. The summed E-state index contributed by atoms with van der Waals surface area (Å²) in [5, 5.41) is 3.42. The molecule has 2 bridgehead atoms. The average molecular weight is 369 g/mol. The number of carbonyl (C=O) groups excluding carboxylic acids is 1. The highest BCUT2D eigenvalue weighted by molar-refractivity contribution is 9.10. The molecule has 0 radical (unpaired) electrons. The van der Waals surface area contributed by atoms with Gasteiger partial charge >= 0.3 is 0 Å². The van der Waals surface area contributed by atoms with Crippen molar-refractivity contribution < 1.29 is 14.3 Å². The van der Waals surface area contributed by atoms with E-state index in [-0.39, 0.29) is 5.91 Å². The maximum absolute atomic E-state index is 13.0. The summed E-state index contributed by atoms with van der Waals surface area (Å²) in [5.74, 6) is 1.30. The molecule has 1 aromatic rings. The zero-order valence-electron chi connectivity index (χ0n) is 12.9. The second kappa shape index (κ2) is 6.46. The number of fused-ring (bicyclic) bond motifs is 2. The largest absolute Gasteiger partial charge is 0.495 e. The molecule has 1 N–H and O–H groups in total. The Hall–Kier alpha value is -1.27. The third-order valence-corrected chi connectivity index (χ3v) is 5.36. The van der Waals surface area contributed by atoms with Crippen LogP contribution in [0.2, 0.25) is 0 Å². The predicted octanol–water partition coefficient (Wildman–Crippen LogP) is 2.43. The summed E-state index contributed by atoms with van der Waals surface area (Å²) in [5.41, 5.74) is 0.621. The number of nitrogens with one attached hydrogen (secondary N) is 1. The van der Waals surface area contributed by atoms with E-state index < -0.39 is 0 Å². The predicted molar refractivity (Wildman–Crippen MR) is 87.7 cm³/mol. The fraction of sp³-hybridized carbons (Fsp3) is 0.562. The molecule has 2 fully saturated rings. The molecule has 1 aromatic carbocycles. The van der Waals surface area contributed by atoms with Crippen molar-refractivity contribution in [2.75, 3.05) is 27.3 Å². The molecule has 3 rings (SSSR count). The van der Waals surface area contributed by atoms with Crippen LogP contribution in [0.4, 0.5) is 0 Å². The second-order valence-electron chi connectivity index (χ2n) is 5.78. The van der Waals surface area contributed by atoms with Gasteiger partial charge in [0.15, 0.2) is 0 Å². The minimum absolute atomic E-state index is 0.0697. The van der Waals surface area contributed by atoms with E-state index in [4.69, 9.17) is 9.47 Å². The van der Waals surface area contributed by atoms with E-state index in [0.29, 0.717) is 29.1 Å². The van der Waals surface area contributed by atoms with Crippen LogP contribution in [0.5, 0.6) is 11.5 Å². The smallest absolute Gasteiger partial charge is 0.254 e. The molecule has 2 unspecified atom stereocenters. The SMILES string of the molecule is COc1cc(C(=O)N2C3CCNCC2CC3)cc(OC)c1Br. The summed E-state index contributed by atoms with van der Waals surface area (Å²) in [7, 11) is 3.18. The average Bonchev–Trinajstić information content (AvgIpc) is 2.79. The topological polar surface area (TPSA) is 50.8 Å². The van der Waals surface area contributed by atoms with Crippen LogP contribution >= 0.6 is 15.9 Å². The molecule has 2 aliphatic heterocycles. The number of hydrogen-bond acceptors (Lipinski definition) is 4. The van der Waals surface area contributed by atoms with Crippen molar-refractivity contribution in [3.05, 3.63) is 22.2 Å². The lowest BCUT2D eigenvalue weighted by Crippen LogP contribution is -2.42. The molecule has 0 saturated carbocycles. The summed E-state index contributed by atoms with van der Waals surface area (Å²) in [4.78, 5) is 15.1. The van der Waals surface area contributed by atoms with E-state index in [9.17, 15) is 4.79 Å². The Bertz CT molecular complexity index is 540. The molecule has 2 saturated heterocycles. The van der Waals surface area contributed by atoms with E-state index in [0.717, 1.165) is 36.8 Å². The molecular formula is C16H21BrN2O3. The first kappa shape index (κ1) is 15.6. The molecule has 120 valence electrons. The first-order valence-electron chi connectivity index (χ1n) is 7.60. The zero-order chi connectivity index (χ0) is 15.7. The lowest BCUT2D eigenvalue weighted by Gasteiger charge is -2.28. The molecule has 0 spiro atoms. The van der Waals surface area contributed by atoms with Crippen LogP contribution in [0, 0.1) is 0 Å². The van der Waals surface area contributed by atoms with Gasteiger partial charge in [-0.2, -0.15) is 0 Å². The molecule has 1 amide bonds. The van der Waals surface area contributed by atoms with Crippen molar-refractivity contribution in [2.45, 2.75) is 31.3 Å². The van der Waals surface area contributed by atoms with Crippen molar-refractivity contribution in [1.82, 2.24) is 10.2 Å². The van der Waals surface area contributed by atoms with Crippen molar-refractivity contribution >= 4 is 21.8 Å². The van der Waals surface area contributed by atoms with E-state index in [1.807, 2.05) is 0 Å². The maximum Gasteiger partial charge on any atom is 0.254 e. The molecular weight excluding hydrogens is 348 g/mol. The number of nitrogens with zero attached hydrogens (tertiary/aromatic N) is 1. The summed E-state index contributed by atoms with van der Waals surface area (Å²) in [6.07, 6.45) is 3.20. The highest BCUT2D eigenvalue weighted by atomic mass is 79.9. The molecule has 2 aliphatic rings. The minimum atomic E-state index is 0.0697. The van der Waals surface area contributed by atoms with Gasteiger partial charge in [0.25, 0.3) is 5.91 Å². The van der Waals surface area contributed by atoms with Crippen LogP contribution in [0.3, 0.4) is 0 Å². The van der Waals surface area contributed by atoms with Crippen LogP contribution in [0.25, 0.3) is 0 Å². The lowest BCUT2D eigenvalue weighted by atomic mass is 10.1. The first-order chi connectivity index (χ1) is 10.7. The number of amides is 1. The quantitative estimate of drug-likeness (QED) is 0.889. The summed E-state index contributed by atoms with van der Waals surface area (Å²) >= 11 is 3.44. The van der Waals surface area contributed by atoms with E-state index in [2.05, 4.69) is 26.1 Å². The van der Waals surface area contributed by atoms with Gasteiger partial charge in [-0.05, 0) is 53.9 Å². The minimum Gasteiger partial charge on any atom is -0.495 e. The molecule has 0 aromatic heterocycles. The standard InChI is InChI=1S/C16H21BrN2O3/c1-21-13-7-10(8-14(22-2)15(13)17)16(20)19-11-3-4-12(19)9-18-6-5-11/h7-8,11-12,18H,3-6,9H2,1-2H3. The molecule has 6 heteroatoms. The van der Waals surface area contributed by atoms with Crippen molar-refractivity contribution in [1.29, 1.82) is 0 Å². The van der Waals surface area contributed by atoms with Gasteiger partial charge in [0, 0.05) is 24.2 Å². The van der Waals surface area contributed by atoms with Crippen molar-refractivity contribution in [2.24, 2.45) is 0 Å². The highest BCUT2D eigenvalue weighted by Gasteiger charge is 2.38. The van der Waals surface area contributed by atoms with E-state index >= 15 is 0 Å². The molecule has 0 aliphatic carbocycles. The third-order valence-electron chi connectivity index (χ3n) is 4.58. The zero-order valence-corrected chi connectivity index (χ0v) is 14.5. The van der Waals surface area contributed by atoms with E-state index in [1.165, 1.54) is 0 Å². The number of carbonyl (C=O) groups is 1. The van der Waals surface area contributed by atoms with E-state index in [1.54, 1.807) is 26.4 Å². The number of methoxy groups -OCH3 is 2. The number of halogens is 1. The van der Waals surface area contributed by atoms with Crippen molar-refractivity contribution in [3.63, 3.8) is 0 Å². The number of benzene rings is 1. The van der Waals surface area contributed by atoms with Gasteiger partial charge in [-0.25, -0.2) is 0 Å². The highest BCUT2D eigenvalue weighted by Crippen LogP contribution is 2.37. The van der Waals surface area contributed by atoms with Crippen LogP contribution in [0.1, 0.15) is 29.6 Å². The van der Waals surface area contributed by atoms with Gasteiger partial charge in [-0.1, -0.05) is 0 Å². The van der Waals surface area contributed by atoms with Gasteiger partial charge in [0.2, 0.25) is 0 Å². The molecule has 2 heterocycles. The Morgan fingerprint density at radius 1 is 1.18 bits per heavy atom. The molecule has 22 heavy (non-hydrogen) atoms. The third kappa shape index (κ3) is 2.70. The Kier molecular flexibility index (Phi) is 4.59. The Labute approximate surface area is 139 Å². The molecule has 5 nitrogen and oxygen atoms in total. The summed E-state index contributed by atoms with van der Waals surface area (Å²) in [6.45, 7) is 1.87. The normalized spacial score (nSPS) is 24.0. The monoisotopic (exact) mass is 368 g/mol. The lowest BCUT2D eigenvalue weighted by molar-refractivity contribution is 0.0679. The number of rotatable bonds is 3. The number of hydrogen-bond donors (Lipinski definition) is 1. The fourth-order valence-electron chi connectivity index (χ4n) is 3.46. The summed E-state index contributed by atoms with van der Waals surface area (Å²) < 4.78 is 11.4. The van der Waals surface area contributed by atoms with Crippen LogP contribution in [0.15, 0.2) is 16.6 Å². The Morgan fingerprint density at radius 3 is 2.45 bits per heavy atom. The van der Waals surface area contributed by atoms with Gasteiger partial charge in [-0.15, -0.1) is 0 Å². The van der Waals surface area contributed by atoms with Gasteiger partial charge in [0.05, 0.1) is 14.2 Å². The second-order valence-corrected chi connectivity index (χ2v) is 6.58. The summed E-state index contributed by atoms with van der Waals surface area (Å²) in [6, 6.07) is 4.20. The van der Waals surface area contributed by atoms with Crippen LogP contribution in [-0.2, 0) is 0 Å². The van der Waals surface area contributed by atoms with Crippen LogP contribution < -0.4 is 14.8 Å². The van der Waals surface area contributed by atoms with Gasteiger partial charge in [0.1, 0.15) is 16.0 Å². The van der Waals surface area contributed by atoms with Crippen LogP contribution in [-0.4, -0.2) is 50.2 Å². The van der Waals surface area contributed by atoms with Gasteiger partial charge in [-0.3, -0.25) is 4.79 Å². The molecule has 2 atom stereocenters. The Balaban J connectivity index is 1.95. The van der Waals surface area contributed by atoms with Gasteiger partial charge < -0.3 is 19.7 Å². The number of ether oxygens (including phenoxy) is 2. The first-order valence-corrected chi connectivity index (χ1v) is 8.40. The maximum atomic E-state index is 13.0. The Morgan fingerprint density at radius 2 is 1.82 bits per heavy atom.